The SMILES string of the molecule is C/C=C\C(=C/C)Cc1ccnc(C)c1. The summed E-state index contributed by atoms with van der Waals surface area (Å²) in [6.45, 7) is 6.14. The van der Waals surface area contributed by atoms with Crippen molar-refractivity contribution in [1.29, 1.82) is 0 Å². The zero-order valence-corrected chi connectivity index (χ0v) is 9.12. The highest BCUT2D eigenvalue weighted by atomic mass is 14.6. The van der Waals surface area contributed by atoms with E-state index in [0.717, 1.165) is 12.1 Å². The van der Waals surface area contributed by atoms with E-state index >= 15 is 0 Å². The second-order valence-electron chi connectivity index (χ2n) is 3.35. The Morgan fingerprint density at radius 3 is 2.79 bits per heavy atom. The van der Waals surface area contributed by atoms with E-state index in [-0.39, 0.29) is 0 Å². The Balaban J connectivity index is 2.77. The Bertz CT molecular complexity index is 348. The standard InChI is InChI=1S/C13H17N/c1-4-6-12(5-2)10-13-7-8-14-11(3)9-13/h4-9H,10H2,1-3H3/b6-4-,12-5+. The van der Waals surface area contributed by atoms with Gasteiger partial charge in [0.05, 0.1) is 0 Å². The molecule has 0 aliphatic heterocycles. The Morgan fingerprint density at radius 2 is 2.21 bits per heavy atom. The average molecular weight is 187 g/mol. The van der Waals surface area contributed by atoms with E-state index in [2.05, 4.69) is 42.3 Å². The molecule has 0 spiro atoms. The van der Waals surface area contributed by atoms with Gasteiger partial charge in [-0.25, -0.2) is 0 Å². The topological polar surface area (TPSA) is 12.9 Å². The number of pyridine rings is 1. The molecule has 1 heteroatoms. The van der Waals surface area contributed by atoms with Gasteiger partial charge in [-0.15, -0.1) is 0 Å². The molecule has 0 saturated carbocycles. The van der Waals surface area contributed by atoms with Gasteiger partial charge in [0.1, 0.15) is 0 Å². The fourth-order valence-electron chi connectivity index (χ4n) is 1.42. The summed E-state index contributed by atoms with van der Waals surface area (Å²) in [5, 5.41) is 0. The molecule has 0 aromatic carbocycles. The van der Waals surface area contributed by atoms with Crippen LogP contribution in [0.4, 0.5) is 0 Å². The molecule has 1 heterocycles. The van der Waals surface area contributed by atoms with Crippen molar-refractivity contribution in [1.82, 2.24) is 4.98 Å². The van der Waals surface area contributed by atoms with Crippen LogP contribution in [-0.4, -0.2) is 4.98 Å². The quantitative estimate of drug-likeness (QED) is 0.660. The van der Waals surface area contributed by atoms with Crippen LogP contribution in [0.2, 0.25) is 0 Å². The molecule has 0 radical (unpaired) electrons. The number of rotatable bonds is 3. The highest BCUT2D eigenvalue weighted by Crippen LogP contribution is 2.09. The van der Waals surface area contributed by atoms with Crippen molar-refractivity contribution in [2.75, 3.05) is 0 Å². The van der Waals surface area contributed by atoms with Crippen LogP contribution in [0.25, 0.3) is 0 Å². The number of hydrogen-bond donors (Lipinski definition) is 0. The van der Waals surface area contributed by atoms with Gasteiger partial charge in [0.2, 0.25) is 0 Å². The zero-order valence-electron chi connectivity index (χ0n) is 9.12. The molecule has 1 nitrogen and oxygen atoms in total. The third-order valence-electron chi connectivity index (χ3n) is 2.12. The van der Waals surface area contributed by atoms with Gasteiger partial charge >= 0.3 is 0 Å². The van der Waals surface area contributed by atoms with Gasteiger partial charge in [0, 0.05) is 11.9 Å². The van der Waals surface area contributed by atoms with E-state index in [1.165, 1.54) is 11.1 Å². The van der Waals surface area contributed by atoms with E-state index in [0.29, 0.717) is 0 Å². The van der Waals surface area contributed by atoms with E-state index in [4.69, 9.17) is 0 Å². The van der Waals surface area contributed by atoms with Crippen LogP contribution in [0.1, 0.15) is 25.1 Å². The van der Waals surface area contributed by atoms with E-state index < -0.39 is 0 Å². The Labute approximate surface area is 86.2 Å². The number of nitrogens with zero attached hydrogens (tertiary/aromatic N) is 1. The lowest BCUT2D eigenvalue weighted by atomic mass is 10.1. The number of aromatic nitrogens is 1. The molecule has 0 unspecified atom stereocenters. The average Bonchev–Trinajstić information content (AvgIpc) is 2.17. The van der Waals surface area contributed by atoms with Crippen LogP contribution in [0.3, 0.4) is 0 Å². The van der Waals surface area contributed by atoms with Crippen molar-refractivity contribution in [3.8, 4) is 0 Å². The molecule has 0 atom stereocenters. The molecule has 0 fully saturated rings. The first-order valence-corrected chi connectivity index (χ1v) is 4.95. The second kappa shape index (κ2) is 5.38. The predicted molar refractivity (Wildman–Crippen MR) is 61.2 cm³/mol. The Kier molecular flexibility index (Phi) is 4.11. The van der Waals surface area contributed by atoms with E-state index in [9.17, 15) is 0 Å². The summed E-state index contributed by atoms with van der Waals surface area (Å²) >= 11 is 0. The van der Waals surface area contributed by atoms with Gasteiger partial charge in [-0.2, -0.15) is 0 Å². The molecule has 74 valence electrons. The maximum absolute atomic E-state index is 4.18. The molecule has 0 N–H and O–H groups in total. The van der Waals surface area contributed by atoms with Gasteiger partial charge in [0.25, 0.3) is 0 Å². The van der Waals surface area contributed by atoms with E-state index in [1.54, 1.807) is 0 Å². The molecule has 0 amide bonds. The molecule has 1 aromatic heterocycles. The van der Waals surface area contributed by atoms with E-state index in [1.807, 2.05) is 20.0 Å². The minimum Gasteiger partial charge on any atom is -0.262 e. The maximum atomic E-state index is 4.18. The monoisotopic (exact) mass is 187 g/mol. The number of hydrogen-bond acceptors (Lipinski definition) is 1. The van der Waals surface area contributed by atoms with Crippen LogP contribution in [0.5, 0.6) is 0 Å². The summed E-state index contributed by atoms with van der Waals surface area (Å²) in [5.74, 6) is 0. The summed E-state index contributed by atoms with van der Waals surface area (Å²) in [6, 6.07) is 4.20. The largest absolute Gasteiger partial charge is 0.262 e. The first-order valence-electron chi connectivity index (χ1n) is 4.95. The van der Waals surface area contributed by atoms with Crippen LogP contribution in [0, 0.1) is 6.92 Å². The fraction of sp³-hybridized carbons (Fsp3) is 0.308. The van der Waals surface area contributed by atoms with Crippen molar-refractivity contribution in [3.05, 3.63) is 53.4 Å². The van der Waals surface area contributed by atoms with Crippen molar-refractivity contribution >= 4 is 0 Å². The normalized spacial score (nSPS) is 12.4. The van der Waals surface area contributed by atoms with Crippen LogP contribution in [-0.2, 0) is 6.42 Å². The van der Waals surface area contributed by atoms with Gasteiger partial charge in [-0.05, 0) is 50.5 Å². The maximum Gasteiger partial charge on any atom is 0.0375 e. The minimum absolute atomic E-state index is 0.990. The summed E-state index contributed by atoms with van der Waals surface area (Å²) in [5.41, 5.74) is 3.75. The van der Waals surface area contributed by atoms with Crippen LogP contribution in [0.15, 0.2) is 42.1 Å². The van der Waals surface area contributed by atoms with Gasteiger partial charge in [-0.3, -0.25) is 4.98 Å². The molecule has 1 rings (SSSR count). The van der Waals surface area contributed by atoms with Crippen molar-refractivity contribution in [3.63, 3.8) is 0 Å². The fourth-order valence-corrected chi connectivity index (χ4v) is 1.42. The third-order valence-corrected chi connectivity index (χ3v) is 2.12. The molecular formula is C13H17N. The summed E-state index contributed by atoms with van der Waals surface area (Å²) in [4.78, 5) is 4.18. The molecule has 0 bridgehead atoms. The lowest BCUT2D eigenvalue weighted by Crippen LogP contribution is -1.90. The van der Waals surface area contributed by atoms with Crippen LogP contribution < -0.4 is 0 Å². The lowest BCUT2D eigenvalue weighted by Gasteiger charge is -2.02. The summed E-state index contributed by atoms with van der Waals surface area (Å²) in [7, 11) is 0. The van der Waals surface area contributed by atoms with Gasteiger partial charge in [0.15, 0.2) is 0 Å². The number of allylic oxidation sites excluding steroid dienone is 4. The highest BCUT2D eigenvalue weighted by molar-refractivity contribution is 5.27. The lowest BCUT2D eigenvalue weighted by molar-refractivity contribution is 1.12. The first kappa shape index (κ1) is 10.7. The predicted octanol–water partition coefficient (Wildman–Crippen LogP) is 3.45. The smallest absolute Gasteiger partial charge is 0.0375 e. The molecule has 0 aliphatic carbocycles. The molecule has 1 aromatic rings. The van der Waals surface area contributed by atoms with Gasteiger partial charge in [-0.1, -0.05) is 18.2 Å². The molecular weight excluding hydrogens is 170 g/mol. The van der Waals surface area contributed by atoms with Crippen molar-refractivity contribution in [2.45, 2.75) is 27.2 Å². The minimum atomic E-state index is 0.990. The second-order valence-corrected chi connectivity index (χ2v) is 3.35. The third kappa shape index (κ3) is 3.17. The summed E-state index contributed by atoms with van der Waals surface area (Å²) in [6.07, 6.45) is 9.23. The van der Waals surface area contributed by atoms with Crippen molar-refractivity contribution < 1.29 is 0 Å². The Hall–Kier alpha value is -1.37. The molecule has 0 aliphatic rings. The van der Waals surface area contributed by atoms with Crippen LogP contribution >= 0.6 is 0 Å². The Morgan fingerprint density at radius 1 is 1.43 bits per heavy atom. The first-order chi connectivity index (χ1) is 6.76. The highest BCUT2D eigenvalue weighted by Gasteiger charge is 1.96. The number of aryl methyl sites for hydroxylation is 1. The summed E-state index contributed by atoms with van der Waals surface area (Å²) < 4.78 is 0. The van der Waals surface area contributed by atoms with Crippen molar-refractivity contribution in [2.24, 2.45) is 0 Å². The van der Waals surface area contributed by atoms with Gasteiger partial charge < -0.3 is 0 Å². The molecule has 14 heavy (non-hydrogen) atoms. The zero-order chi connectivity index (χ0) is 10.4. The molecule has 0 saturated heterocycles.